The molecule has 4 atom stereocenters. The molecule has 0 N–H and O–H groups in total. The molecule has 0 saturated carbocycles. The van der Waals surface area contributed by atoms with Gasteiger partial charge in [-0.2, -0.15) is 0 Å². The van der Waals surface area contributed by atoms with Crippen molar-refractivity contribution in [2.75, 3.05) is 26.2 Å². The number of piperidine rings is 2. The zero-order valence-electron chi connectivity index (χ0n) is 20.8. The Bertz CT molecular complexity index is 792. The molecule has 6 nitrogen and oxygen atoms in total. The van der Waals surface area contributed by atoms with Crippen molar-refractivity contribution >= 4 is 0 Å². The Morgan fingerprint density at radius 3 is 1.97 bits per heavy atom. The van der Waals surface area contributed by atoms with E-state index >= 15 is 0 Å². The first-order chi connectivity index (χ1) is 15.5. The molecule has 2 aliphatic heterocycles. The molecule has 0 amide bonds. The van der Waals surface area contributed by atoms with Crippen LogP contribution in [0.15, 0.2) is 24.5 Å². The molecular formula is C26H44N6. The topological polar surface area (TPSA) is 42.1 Å². The van der Waals surface area contributed by atoms with Gasteiger partial charge in [0.1, 0.15) is 0 Å². The molecule has 0 aliphatic carbocycles. The van der Waals surface area contributed by atoms with Crippen LogP contribution in [0.4, 0.5) is 0 Å². The highest BCUT2D eigenvalue weighted by Gasteiger charge is 2.25. The SMILES string of the molecule is C[C@H]1C[C@H](C)CN(CCCc2nnc(CCCN3[C@@H](C)CCC[C@@H]3C)n2-n2cccc2)C1. The molecule has 4 heterocycles. The van der Waals surface area contributed by atoms with Crippen molar-refractivity contribution in [2.24, 2.45) is 11.8 Å². The Morgan fingerprint density at radius 2 is 1.38 bits per heavy atom. The highest BCUT2D eigenvalue weighted by atomic mass is 15.5. The molecule has 2 aliphatic rings. The number of hydrogen-bond acceptors (Lipinski definition) is 4. The average molecular weight is 441 g/mol. The highest BCUT2D eigenvalue weighted by Crippen LogP contribution is 2.23. The lowest BCUT2D eigenvalue weighted by Gasteiger charge is -2.39. The van der Waals surface area contributed by atoms with E-state index in [0.717, 1.165) is 62.3 Å². The normalized spacial score (nSPS) is 27.8. The molecule has 2 aromatic rings. The molecule has 32 heavy (non-hydrogen) atoms. The minimum Gasteiger partial charge on any atom is -0.303 e. The Kier molecular flexibility index (Phi) is 8.06. The first-order valence-corrected chi connectivity index (χ1v) is 13.1. The second kappa shape index (κ2) is 11.0. The van der Waals surface area contributed by atoms with E-state index in [-0.39, 0.29) is 0 Å². The van der Waals surface area contributed by atoms with Crippen molar-refractivity contribution in [3.63, 3.8) is 0 Å². The second-order valence-electron chi connectivity index (χ2n) is 10.7. The van der Waals surface area contributed by atoms with E-state index in [1.807, 2.05) is 0 Å². The van der Waals surface area contributed by atoms with Gasteiger partial charge in [-0.3, -0.25) is 9.58 Å². The van der Waals surface area contributed by atoms with Gasteiger partial charge in [0.15, 0.2) is 11.6 Å². The van der Waals surface area contributed by atoms with Gasteiger partial charge in [0.25, 0.3) is 0 Å². The summed E-state index contributed by atoms with van der Waals surface area (Å²) in [5.41, 5.74) is 0. The number of aromatic nitrogens is 4. The van der Waals surface area contributed by atoms with E-state index < -0.39 is 0 Å². The number of aryl methyl sites for hydroxylation is 2. The number of rotatable bonds is 9. The fourth-order valence-electron chi connectivity index (χ4n) is 6.16. The van der Waals surface area contributed by atoms with Gasteiger partial charge in [0, 0.05) is 50.4 Å². The molecule has 0 spiro atoms. The molecule has 0 aromatic carbocycles. The van der Waals surface area contributed by atoms with Gasteiger partial charge in [-0.25, -0.2) is 4.68 Å². The summed E-state index contributed by atoms with van der Waals surface area (Å²) in [5, 5.41) is 9.28. The third-order valence-corrected chi connectivity index (χ3v) is 7.60. The summed E-state index contributed by atoms with van der Waals surface area (Å²) in [5.74, 6) is 3.82. The zero-order chi connectivity index (χ0) is 22.5. The van der Waals surface area contributed by atoms with Crippen LogP contribution in [0.2, 0.25) is 0 Å². The summed E-state index contributed by atoms with van der Waals surface area (Å²) in [6.07, 6.45) is 13.9. The maximum absolute atomic E-state index is 4.64. The number of likely N-dealkylation sites (tertiary alicyclic amines) is 2. The Hall–Kier alpha value is -1.66. The summed E-state index contributed by atoms with van der Waals surface area (Å²) >= 11 is 0. The van der Waals surface area contributed by atoms with Crippen LogP contribution in [0.3, 0.4) is 0 Å². The van der Waals surface area contributed by atoms with Gasteiger partial charge in [-0.05, 0) is 83.0 Å². The number of hydrogen-bond donors (Lipinski definition) is 0. The lowest BCUT2D eigenvalue weighted by Crippen LogP contribution is -2.44. The predicted octanol–water partition coefficient (Wildman–Crippen LogP) is 4.50. The van der Waals surface area contributed by atoms with E-state index in [0.29, 0.717) is 12.1 Å². The van der Waals surface area contributed by atoms with Crippen molar-refractivity contribution in [1.29, 1.82) is 0 Å². The lowest BCUT2D eigenvalue weighted by atomic mass is 9.92. The molecule has 0 bridgehead atoms. The smallest absolute Gasteiger partial charge is 0.153 e. The van der Waals surface area contributed by atoms with Crippen molar-refractivity contribution in [2.45, 2.75) is 91.1 Å². The maximum Gasteiger partial charge on any atom is 0.153 e. The van der Waals surface area contributed by atoms with E-state index in [9.17, 15) is 0 Å². The molecule has 2 fully saturated rings. The summed E-state index contributed by atoms with van der Waals surface area (Å²) in [6.45, 7) is 14.4. The highest BCUT2D eigenvalue weighted by molar-refractivity contribution is 5.02. The van der Waals surface area contributed by atoms with E-state index in [1.165, 1.54) is 38.8 Å². The Labute approximate surface area is 195 Å². The van der Waals surface area contributed by atoms with Crippen molar-refractivity contribution in [1.82, 2.24) is 29.3 Å². The number of nitrogens with zero attached hydrogens (tertiary/aromatic N) is 6. The summed E-state index contributed by atoms with van der Waals surface area (Å²) in [4.78, 5) is 5.35. The van der Waals surface area contributed by atoms with Crippen molar-refractivity contribution in [3.05, 3.63) is 36.2 Å². The predicted molar refractivity (Wildman–Crippen MR) is 131 cm³/mol. The quantitative estimate of drug-likeness (QED) is 0.576. The first-order valence-electron chi connectivity index (χ1n) is 13.1. The fraction of sp³-hybridized carbons (Fsp3) is 0.769. The average Bonchev–Trinajstić information content (AvgIpc) is 3.39. The van der Waals surface area contributed by atoms with E-state index in [4.69, 9.17) is 0 Å². The van der Waals surface area contributed by atoms with Crippen LogP contribution in [0, 0.1) is 11.8 Å². The van der Waals surface area contributed by atoms with Gasteiger partial charge in [0.05, 0.1) is 0 Å². The van der Waals surface area contributed by atoms with Gasteiger partial charge in [0.2, 0.25) is 0 Å². The molecule has 4 rings (SSSR count). The van der Waals surface area contributed by atoms with Crippen LogP contribution < -0.4 is 0 Å². The summed E-state index contributed by atoms with van der Waals surface area (Å²) in [6, 6.07) is 5.58. The summed E-state index contributed by atoms with van der Waals surface area (Å²) in [7, 11) is 0. The Morgan fingerprint density at radius 1 is 0.812 bits per heavy atom. The van der Waals surface area contributed by atoms with Crippen LogP contribution in [-0.2, 0) is 12.8 Å². The Balaban J connectivity index is 1.36. The lowest BCUT2D eigenvalue weighted by molar-refractivity contribution is 0.102. The van der Waals surface area contributed by atoms with Crippen LogP contribution in [0.25, 0.3) is 0 Å². The minimum atomic E-state index is 0.705. The summed E-state index contributed by atoms with van der Waals surface area (Å²) < 4.78 is 4.41. The van der Waals surface area contributed by atoms with E-state index in [2.05, 4.69) is 81.6 Å². The molecule has 0 unspecified atom stereocenters. The van der Waals surface area contributed by atoms with Crippen LogP contribution in [-0.4, -0.2) is 67.6 Å². The molecule has 0 radical (unpaired) electrons. The molecule has 2 saturated heterocycles. The molecule has 178 valence electrons. The van der Waals surface area contributed by atoms with Gasteiger partial charge < -0.3 is 4.90 Å². The van der Waals surface area contributed by atoms with Crippen molar-refractivity contribution in [3.8, 4) is 0 Å². The van der Waals surface area contributed by atoms with Gasteiger partial charge in [-0.1, -0.05) is 20.3 Å². The van der Waals surface area contributed by atoms with Crippen LogP contribution in [0.1, 0.15) is 77.9 Å². The minimum absolute atomic E-state index is 0.705. The van der Waals surface area contributed by atoms with E-state index in [1.54, 1.807) is 0 Å². The first kappa shape index (κ1) is 23.5. The second-order valence-corrected chi connectivity index (χ2v) is 10.7. The van der Waals surface area contributed by atoms with Gasteiger partial charge >= 0.3 is 0 Å². The van der Waals surface area contributed by atoms with Crippen LogP contribution >= 0.6 is 0 Å². The fourth-order valence-corrected chi connectivity index (χ4v) is 6.16. The third kappa shape index (κ3) is 5.82. The zero-order valence-corrected chi connectivity index (χ0v) is 20.8. The molecule has 2 aromatic heterocycles. The monoisotopic (exact) mass is 440 g/mol. The standard InChI is InChI=1S/C26H44N6/c1-21-18-22(2)20-29(19-21)14-8-12-25-27-28-26(32(25)30-15-5-6-16-30)13-9-17-31-23(3)10-7-11-24(31)4/h5-6,15-16,21-24H,7-14,17-20H2,1-4H3/t21-,22-,23-,24-/m0/s1. The molecule has 6 heteroatoms. The molecular weight excluding hydrogens is 396 g/mol. The van der Waals surface area contributed by atoms with Crippen molar-refractivity contribution < 1.29 is 0 Å². The largest absolute Gasteiger partial charge is 0.303 e. The van der Waals surface area contributed by atoms with Crippen LogP contribution in [0.5, 0.6) is 0 Å². The van der Waals surface area contributed by atoms with Gasteiger partial charge in [-0.15, -0.1) is 10.2 Å². The third-order valence-electron chi connectivity index (χ3n) is 7.60. The maximum atomic E-state index is 4.64.